The molecule has 2 aliphatic rings. The number of thiophene rings is 1. The van der Waals surface area contributed by atoms with E-state index in [1.54, 1.807) is 0 Å². The van der Waals surface area contributed by atoms with Crippen molar-refractivity contribution in [2.24, 2.45) is 0 Å². The van der Waals surface area contributed by atoms with E-state index in [-0.39, 0.29) is 6.10 Å². The summed E-state index contributed by atoms with van der Waals surface area (Å²) in [7, 11) is 0. The van der Waals surface area contributed by atoms with Crippen LogP contribution in [0.2, 0.25) is 0 Å². The van der Waals surface area contributed by atoms with E-state index in [4.69, 9.17) is 0 Å². The number of halogens is 1. The maximum absolute atomic E-state index is 9.76. The Morgan fingerprint density at radius 3 is 2.94 bits per heavy atom. The second-order valence-corrected chi connectivity index (χ2v) is 8.03. The Bertz CT molecular complexity index is 425. The van der Waals surface area contributed by atoms with Crippen molar-refractivity contribution < 1.29 is 5.11 Å². The number of rotatable bonds is 2. The van der Waals surface area contributed by atoms with Gasteiger partial charge in [-0.3, -0.25) is 9.80 Å². The molecular weight excluding hydrogens is 312 g/mol. The lowest BCUT2D eigenvalue weighted by Gasteiger charge is -2.42. The molecule has 3 heterocycles. The lowest BCUT2D eigenvalue weighted by atomic mass is 10.1. The summed E-state index contributed by atoms with van der Waals surface area (Å²) in [6, 6.07) is 5.46. The Balaban J connectivity index is 1.66. The highest BCUT2D eigenvalue weighted by molar-refractivity contribution is 9.11. The number of aliphatic hydroxyl groups is 1. The summed E-state index contributed by atoms with van der Waals surface area (Å²) in [5.74, 6) is 0. The number of piperazine rings is 1. The van der Waals surface area contributed by atoms with E-state index < -0.39 is 0 Å². The van der Waals surface area contributed by atoms with Crippen molar-refractivity contribution in [1.82, 2.24) is 9.80 Å². The van der Waals surface area contributed by atoms with Crippen LogP contribution in [0, 0.1) is 0 Å². The Hall–Kier alpha value is 0.0600. The zero-order valence-electron chi connectivity index (χ0n) is 10.6. The molecule has 0 unspecified atom stereocenters. The molecule has 3 rings (SSSR count). The fourth-order valence-corrected chi connectivity index (χ4v) is 4.64. The van der Waals surface area contributed by atoms with Crippen molar-refractivity contribution in [3.05, 3.63) is 20.8 Å². The van der Waals surface area contributed by atoms with Gasteiger partial charge in [-0.05, 0) is 41.4 Å². The van der Waals surface area contributed by atoms with Crippen LogP contribution in [0.3, 0.4) is 0 Å². The summed E-state index contributed by atoms with van der Waals surface area (Å²) in [5.41, 5.74) is 0. The number of aliphatic hydroxyl groups excluding tert-OH is 1. The van der Waals surface area contributed by atoms with Gasteiger partial charge in [0.25, 0.3) is 0 Å². The van der Waals surface area contributed by atoms with Gasteiger partial charge in [0.05, 0.1) is 9.89 Å². The first-order valence-corrected chi connectivity index (χ1v) is 8.13. The number of hydrogen-bond acceptors (Lipinski definition) is 4. The molecule has 0 saturated carbocycles. The summed E-state index contributed by atoms with van der Waals surface area (Å²) in [6.45, 7) is 6.39. The third-order valence-corrected chi connectivity index (χ3v) is 5.67. The molecule has 0 amide bonds. The molecule has 0 bridgehead atoms. The Kier molecular flexibility index (Phi) is 3.78. The fraction of sp³-hybridized carbons (Fsp3) is 0.692. The average molecular weight is 331 g/mol. The zero-order valence-corrected chi connectivity index (χ0v) is 13.0. The van der Waals surface area contributed by atoms with Crippen LogP contribution in [0.25, 0.3) is 0 Å². The minimum Gasteiger partial charge on any atom is -0.392 e. The molecule has 2 fully saturated rings. The van der Waals surface area contributed by atoms with E-state index in [9.17, 15) is 5.11 Å². The topological polar surface area (TPSA) is 26.7 Å². The first kappa shape index (κ1) is 13.1. The molecule has 3 nitrogen and oxygen atoms in total. The third-order valence-electron chi connectivity index (χ3n) is 4.06. The molecule has 18 heavy (non-hydrogen) atoms. The molecule has 0 radical (unpaired) electrons. The molecular formula is C13H19BrN2OS. The van der Waals surface area contributed by atoms with Crippen LogP contribution in [0.15, 0.2) is 15.9 Å². The lowest BCUT2D eigenvalue weighted by molar-refractivity contribution is 0.0535. The smallest absolute Gasteiger partial charge is 0.0701 e. The van der Waals surface area contributed by atoms with Gasteiger partial charge in [0.2, 0.25) is 0 Å². The summed E-state index contributed by atoms with van der Waals surface area (Å²) in [6.07, 6.45) is 0.829. The zero-order chi connectivity index (χ0) is 12.7. The van der Waals surface area contributed by atoms with Crippen LogP contribution in [-0.2, 0) is 6.54 Å². The second kappa shape index (κ2) is 5.21. The first-order chi connectivity index (χ1) is 8.61. The highest BCUT2D eigenvalue weighted by atomic mass is 79.9. The molecule has 0 aliphatic carbocycles. The molecule has 0 aromatic carbocycles. The van der Waals surface area contributed by atoms with E-state index >= 15 is 0 Å². The van der Waals surface area contributed by atoms with Crippen molar-refractivity contribution in [2.45, 2.75) is 38.1 Å². The van der Waals surface area contributed by atoms with Gasteiger partial charge in [0.1, 0.15) is 0 Å². The molecule has 1 N–H and O–H groups in total. The monoisotopic (exact) mass is 330 g/mol. The normalized spacial score (nSPS) is 33.8. The minimum atomic E-state index is -0.113. The van der Waals surface area contributed by atoms with E-state index in [0.717, 1.165) is 32.6 Å². The molecule has 2 aliphatic heterocycles. The van der Waals surface area contributed by atoms with Gasteiger partial charge in [-0.25, -0.2) is 0 Å². The number of fused-ring (bicyclic) bond motifs is 1. The molecule has 100 valence electrons. The molecule has 5 heteroatoms. The van der Waals surface area contributed by atoms with Crippen LogP contribution in [0.1, 0.15) is 18.2 Å². The van der Waals surface area contributed by atoms with Crippen LogP contribution < -0.4 is 0 Å². The van der Waals surface area contributed by atoms with Gasteiger partial charge >= 0.3 is 0 Å². The quantitative estimate of drug-likeness (QED) is 0.900. The SMILES string of the molecule is C[C@@H]1CN2C[C@H](O)C[C@@H]2CN1Cc1ccc(Br)s1. The summed E-state index contributed by atoms with van der Waals surface area (Å²) in [4.78, 5) is 6.42. The van der Waals surface area contributed by atoms with Crippen molar-refractivity contribution in [3.63, 3.8) is 0 Å². The van der Waals surface area contributed by atoms with Gasteiger partial charge in [0, 0.05) is 43.1 Å². The first-order valence-electron chi connectivity index (χ1n) is 6.52. The van der Waals surface area contributed by atoms with Crippen molar-refractivity contribution in [1.29, 1.82) is 0 Å². The van der Waals surface area contributed by atoms with Crippen LogP contribution in [0.4, 0.5) is 0 Å². The van der Waals surface area contributed by atoms with Gasteiger partial charge in [-0.1, -0.05) is 0 Å². The van der Waals surface area contributed by atoms with E-state index in [0.29, 0.717) is 12.1 Å². The molecule has 1 aromatic rings. The fourth-order valence-electron chi connectivity index (χ4n) is 3.13. The third kappa shape index (κ3) is 2.65. The van der Waals surface area contributed by atoms with Gasteiger partial charge in [0.15, 0.2) is 0 Å². The van der Waals surface area contributed by atoms with Crippen molar-refractivity contribution >= 4 is 27.3 Å². The Morgan fingerprint density at radius 1 is 1.39 bits per heavy atom. The van der Waals surface area contributed by atoms with Crippen molar-refractivity contribution in [3.8, 4) is 0 Å². The molecule has 3 atom stereocenters. The van der Waals surface area contributed by atoms with E-state index in [1.165, 1.54) is 8.66 Å². The van der Waals surface area contributed by atoms with Gasteiger partial charge < -0.3 is 5.11 Å². The summed E-state index contributed by atoms with van der Waals surface area (Å²) < 4.78 is 1.21. The van der Waals surface area contributed by atoms with E-state index in [1.807, 2.05) is 11.3 Å². The number of hydrogen-bond donors (Lipinski definition) is 1. The summed E-state index contributed by atoms with van der Waals surface area (Å²) in [5, 5.41) is 9.76. The predicted octanol–water partition coefficient (Wildman–Crippen LogP) is 2.15. The van der Waals surface area contributed by atoms with E-state index in [2.05, 4.69) is 44.8 Å². The van der Waals surface area contributed by atoms with Gasteiger partial charge in [-0.2, -0.15) is 0 Å². The average Bonchev–Trinajstić information content (AvgIpc) is 2.85. The van der Waals surface area contributed by atoms with Crippen LogP contribution >= 0.6 is 27.3 Å². The van der Waals surface area contributed by atoms with Crippen molar-refractivity contribution in [2.75, 3.05) is 19.6 Å². The largest absolute Gasteiger partial charge is 0.392 e. The minimum absolute atomic E-state index is 0.113. The van der Waals surface area contributed by atoms with Crippen LogP contribution in [-0.4, -0.2) is 52.7 Å². The molecule has 2 saturated heterocycles. The molecule has 0 spiro atoms. The highest BCUT2D eigenvalue weighted by Gasteiger charge is 2.37. The summed E-state index contributed by atoms with van der Waals surface area (Å²) >= 11 is 5.34. The predicted molar refractivity (Wildman–Crippen MR) is 77.9 cm³/mol. The maximum atomic E-state index is 9.76. The Morgan fingerprint density at radius 2 is 2.22 bits per heavy atom. The molecule has 1 aromatic heterocycles. The van der Waals surface area contributed by atoms with Crippen LogP contribution in [0.5, 0.6) is 0 Å². The maximum Gasteiger partial charge on any atom is 0.0701 e. The van der Waals surface area contributed by atoms with Gasteiger partial charge in [-0.15, -0.1) is 11.3 Å². The standard InChI is InChI=1S/C13H19BrN2OS/c1-9-5-16-7-11(17)4-10(16)6-15(9)8-12-2-3-13(14)18-12/h2-3,9-11,17H,4-8H2,1H3/t9-,10-,11-/m1/s1. The lowest BCUT2D eigenvalue weighted by Crippen LogP contribution is -2.54. The number of nitrogens with zero attached hydrogens (tertiary/aromatic N) is 2. The second-order valence-electron chi connectivity index (χ2n) is 5.48. The highest BCUT2D eigenvalue weighted by Crippen LogP contribution is 2.28. The Labute approximate surface area is 121 Å².